The molecule has 0 aliphatic rings. The van der Waals surface area contributed by atoms with Crippen LogP contribution in [0.3, 0.4) is 0 Å². The van der Waals surface area contributed by atoms with E-state index < -0.39 is 0 Å². The molecule has 1 N–H and O–H groups in total. The molecule has 1 amide bonds. The Morgan fingerprint density at radius 2 is 2.33 bits per heavy atom. The molecule has 0 saturated carbocycles. The Balaban J connectivity index is 3.52. The van der Waals surface area contributed by atoms with Gasteiger partial charge in [0.15, 0.2) is 0 Å². The smallest absolute Gasteiger partial charge is 0.216 e. The quantitative estimate of drug-likeness (QED) is 0.601. The summed E-state index contributed by atoms with van der Waals surface area (Å²) in [6.45, 7) is 7.77. The lowest BCUT2D eigenvalue weighted by molar-refractivity contribution is -0.119. The van der Waals surface area contributed by atoms with Crippen LogP contribution in [0.4, 0.5) is 0 Å². The van der Waals surface area contributed by atoms with Gasteiger partial charge in [0.05, 0.1) is 6.04 Å². The number of nitrogens with one attached hydrogen (secondary N) is 1. The van der Waals surface area contributed by atoms with Crippen LogP contribution in [-0.2, 0) is 4.79 Å². The molecule has 0 aromatic heterocycles. The first-order valence-corrected chi connectivity index (χ1v) is 4.41. The number of hydrogen-bond acceptors (Lipinski definition) is 2. The summed E-state index contributed by atoms with van der Waals surface area (Å²) in [6, 6.07) is 0.189. The fourth-order valence-corrected chi connectivity index (χ4v) is 0.959. The summed E-state index contributed by atoms with van der Waals surface area (Å²) in [5.41, 5.74) is 0. The zero-order valence-electron chi connectivity index (χ0n) is 7.97. The molecule has 0 unspecified atom stereocenters. The zero-order valence-corrected chi connectivity index (χ0v) is 7.97. The number of carbonyl (C=O) groups excluding carboxylic acids is 1. The summed E-state index contributed by atoms with van der Waals surface area (Å²) in [4.78, 5) is 14.5. The molecular weight excluding hydrogens is 152 g/mol. The fourth-order valence-electron chi connectivity index (χ4n) is 0.959. The van der Waals surface area contributed by atoms with Crippen molar-refractivity contribution < 1.29 is 4.79 Å². The largest absolute Gasteiger partial charge is 0.354 e. The molecule has 1 atom stereocenters. The van der Waals surface area contributed by atoms with E-state index >= 15 is 0 Å². The van der Waals surface area contributed by atoms with Crippen LogP contribution in [0.2, 0.25) is 0 Å². The van der Waals surface area contributed by atoms with Crippen LogP contribution in [-0.4, -0.2) is 25.2 Å². The normalized spacial score (nSPS) is 12.2. The van der Waals surface area contributed by atoms with Crippen molar-refractivity contribution >= 4 is 12.6 Å². The number of hydrogen-bond donors (Lipinski definition) is 1. The molecule has 3 nitrogen and oxygen atoms in total. The summed E-state index contributed by atoms with van der Waals surface area (Å²) in [5, 5.41) is 2.73. The van der Waals surface area contributed by atoms with Gasteiger partial charge < -0.3 is 5.32 Å². The summed E-state index contributed by atoms with van der Waals surface area (Å²) >= 11 is 0. The van der Waals surface area contributed by atoms with E-state index in [1.54, 1.807) is 0 Å². The summed E-state index contributed by atoms with van der Waals surface area (Å²) in [7, 11) is 0. The summed E-state index contributed by atoms with van der Waals surface area (Å²) in [5.74, 6) is 0.000137. The Morgan fingerprint density at radius 1 is 1.67 bits per heavy atom. The molecule has 0 aromatic carbocycles. The van der Waals surface area contributed by atoms with Gasteiger partial charge in [-0.3, -0.25) is 9.79 Å². The monoisotopic (exact) mass is 170 g/mol. The summed E-state index contributed by atoms with van der Waals surface area (Å²) in [6.07, 6.45) is 3.32. The van der Waals surface area contributed by atoms with Crippen LogP contribution < -0.4 is 5.32 Å². The first kappa shape index (κ1) is 11.1. The van der Waals surface area contributed by atoms with Crippen molar-refractivity contribution in [2.45, 2.75) is 39.2 Å². The maximum absolute atomic E-state index is 10.6. The Morgan fingerprint density at radius 3 is 2.75 bits per heavy atom. The van der Waals surface area contributed by atoms with E-state index in [9.17, 15) is 4.79 Å². The predicted octanol–water partition coefficient (Wildman–Crippen LogP) is 1.38. The van der Waals surface area contributed by atoms with Crippen molar-refractivity contribution in [3.8, 4) is 0 Å². The number of carbonyl (C=O) groups is 1. The van der Waals surface area contributed by atoms with Crippen molar-refractivity contribution in [1.29, 1.82) is 0 Å². The van der Waals surface area contributed by atoms with Crippen molar-refractivity contribution in [3.63, 3.8) is 0 Å². The van der Waals surface area contributed by atoms with E-state index in [-0.39, 0.29) is 11.9 Å². The molecule has 0 aliphatic heterocycles. The molecule has 3 heteroatoms. The minimum Gasteiger partial charge on any atom is -0.354 e. The zero-order chi connectivity index (χ0) is 9.40. The molecule has 0 rings (SSSR count). The lowest BCUT2D eigenvalue weighted by atomic mass is 10.1. The molecule has 0 bridgehead atoms. The second kappa shape index (κ2) is 6.83. The van der Waals surface area contributed by atoms with E-state index in [1.165, 1.54) is 6.92 Å². The van der Waals surface area contributed by atoms with Crippen LogP contribution in [0.5, 0.6) is 0 Å². The number of unbranched alkanes of at least 4 members (excludes halogenated alkanes) is 1. The van der Waals surface area contributed by atoms with E-state index in [2.05, 4.69) is 24.0 Å². The fraction of sp³-hybridized carbons (Fsp3) is 0.778. The van der Waals surface area contributed by atoms with E-state index in [0.29, 0.717) is 6.54 Å². The highest BCUT2D eigenvalue weighted by Gasteiger charge is 2.04. The standard InChI is InChI=1S/C9H18N2O/c1-4-5-6-9(10-3)7-11-8(2)12/h9H,3-7H2,1-2H3,(H,11,12)/t9-/m1/s1. The SMILES string of the molecule is C=N[C@H](CCCC)CNC(C)=O. The lowest BCUT2D eigenvalue weighted by Crippen LogP contribution is -2.29. The van der Waals surface area contributed by atoms with Crippen LogP contribution in [0.15, 0.2) is 4.99 Å². The van der Waals surface area contributed by atoms with Gasteiger partial charge in [-0.2, -0.15) is 0 Å². The minimum atomic E-state index is 0.000137. The van der Waals surface area contributed by atoms with Gasteiger partial charge in [0.25, 0.3) is 0 Å². The first-order valence-electron chi connectivity index (χ1n) is 4.41. The second-order valence-electron chi connectivity index (χ2n) is 2.92. The third kappa shape index (κ3) is 5.89. The topological polar surface area (TPSA) is 41.5 Å². The van der Waals surface area contributed by atoms with Crippen molar-refractivity contribution in [1.82, 2.24) is 5.32 Å². The molecule has 0 aromatic rings. The maximum atomic E-state index is 10.6. The van der Waals surface area contributed by atoms with Crippen molar-refractivity contribution in [2.75, 3.05) is 6.54 Å². The second-order valence-corrected chi connectivity index (χ2v) is 2.92. The third-order valence-electron chi connectivity index (χ3n) is 1.74. The van der Waals surface area contributed by atoms with Gasteiger partial charge in [0.1, 0.15) is 0 Å². The molecule has 0 heterocycles. The predicted molar refractivity (Wildman–Crippen MR) is 51.5 cm³/mol. The van der Waals surface area contributed by atoms with Gasteiger partial charge >= 0.3 is 0 Å². The first-order chi connectivity index (χ1) is 5.70. The Labute approximate surface area is 74.3 Å². The Bertz CT molecular complexity index is 145. The van der Waals surface area contributed by atoms with Gasteiger partial charge in [-0.05, 0) is 13.1 Å². The average molecular weight is 170 g/mol. The molecular formula is C9H18N2O. The van der Waals surface area contributed by atoms with Gasteiger partial charge in [-0.1, -0.05) is 19.8 Å². The average Bonchev–Trinajstić information content (AvgIpc) is 2.05. The van der Waals surface area contributed by atoms with Gasteiger partial charge in [-0.15, -0.1) is 0 Å². The highest BCUT2D eigenvalue weighted by Crippen LogP contribution is 2.02. The van der Waals surface area contributed by atoms with Gasteiger partial charge in [0, 0.05) is 13.5 Å². The number of aliphatic imine (C=N–C) groups is 1. The van der Waals surface area contributed by atoms with E-state index in [0.717, 1.165) is 19.3 Å². The number of nitrogens with zero attached hydrogens (tertiary/aromatic N) is 1. The molecule has 0 radical (unpaired) electrons. The Hall–Kier alpha value is -0.860. The number of rotatable bonds is 6. The molecule has 0 aliphatic carbocycles. The molecule has 12 heavy (non-hydrogen) atoms. The van der Waals surface area contributed by atoms with Crippen LogP contribution in [0.25, 0.3) is 0 Å². The Kier molecular flexibility index (Phi) is 6.34. The van der Waals surface area contributed by atoms with Crippen molar-refractivity contribution in [3.05, 3.63) is 0 Å². The highest BCUT2D eigenvalue weighted by atomic mass is 16.1. The van der Waals surface area contributed by atoms with Crippen LogP contribution in [0.1, 0.15) is 33.1 Å². The molecule has 0 saturated heterocycles. The maximum Gasteiger partial charge on any atom is 0.216 e. The van der Waals surface area contributed by atoms with Crippen LogP contribution >= 0.6 is 0 Å². The number of amides is 1. The summed E-state index contributed by atoms with van der Waals surface area (Å²) < 4.78 is 0. The van der Waals surface area contributed by atoms with Crippen molar-refractivity contribution in [2.24, 2.45) is 4.99 Å². The molecule has 0 spiro atoms. The van der Waals surface area contributed by atoms with Crippen LogP contribution in [0, 0.1) is 0 Å². The van der Waals surface area contributed by atoms with E-state index in [4.69, 9.17) is 0 Å². The highest BCUT2D eigenvalue weighted by molar-refractivity contribution is 5.72. The molecule has 0 fully saturated rings. The van der Waals surface area contributed by atoms with E-state index in [1.807, 2.05) is 0 Å². The molecule has 70 valence electrons. The third-order valence-corrected chi connectivity index (χ3v) is 1.74. The minimum absolute atomic E-state index is 0.000137. The van der Waals surface area contributed by atoms with Gasteiger partial charge in [0.2, 0.25) is 5.91 Å². The van der Waals surface area contributed by atoms with Gasteiger partial charge in [-0.25, -0.2) is 0 Å². The lowest BCUT2D eigenvalue weighted by Gasteiger charge is -2.10.